The molecule has 2 rings (SSSR count). The number of aromatic nitrogens is 2. The van der Waals surface area contributed by atoms with E-state index in [0.29, 0.717) is 5.89 Å². The number of anilines is 1. The molecule has 0 unspecified atom stereocenters. The normalized spacial score (nSPS) is 11.8. The Morgan fingerprint density at radius 1 is 1.32 bits per heavy atom. The molecule has 1 heterocycles. The van der Waals surface area contributed by atoms with Crippen molar-refractivity contribution >= 4 is 27.6 Å². The third-order valence-corrected chi connectivity index (χ3v) is 4.12. The zero-order chi connectivity index (χ0) is 14.0. The van der Waals surface area contributed by atoms with E-state index in [4.69, 9.17) is 16.1 Å². The summed E-state index contributed by atoms with van der Waals surface area (Å²) in [6.45, 7) is 3.72. The van der Waals surface area contributed by atoms with Crippen LogP contribution in [0.4, 0.5) is 5.95 Å². The first-order valence-corrected chi connectivity index (χ1v) is 7.37. The molecular formula is C11H12ClN3O3S. The second-order valence-electron chi connectivity index (χ2n) is 4.15. The number of benzene rings is 1. The summed E-state index contributed by atoms with van der Waals surface area (Å²) in [5, 5.41) is 3.69. The standard InChI is InChI=1S/C11H12ClN3O3S/c1-7(2)10-13-11(14-18-10)15-19(16,17)9-6-4-3-5-8(9)12/h3-7H,1-2H3,(H,14,15). The maximum Gasteiger partial charge on any atom is 0.277 e. The van der Waals surface area contributed by atoms with E-state index < -0.39 is 10.0 Å². The van der Waals surface area contributed by atoms with Crippen molar-refractivity contribution in [2.45, 2.75) is 24.7 Å². The molecule has 0 amide bonds. The van der Waals surface area contributed by atoms with E-state index >= 15 is 0 Å². The monoisotopic (exact) mass is 301 g/mol. The number of nitrogens with one attached hydrogen (secondary N) is 1. The van der Waals surface area contributed by atoms with Crippen molar-refractivity contribution in [1.29, 1.82) is 0 Å². The molecule has 6 nitrogen and oxygen atoms in total. The van der Waals surface area contributed by atoms with Gasteiger partial charge in [0.05, 0.1) is 5.02 Å². The van der Waals surface area contributed by atoms with Gasteiger partial charge in [0, 0.05) is 5.92 Å². The maximum absolute atomic E-state index is 12.1. The summed E-state index contributed by atoms with van der Waals surface area (Å²) < 4.78 is 31.3. The Kier molecular flexibility index (Phi) is 3.77. The molecule has 1 aromatic heterocycles. The predicted octanol–water partition coefficient (Wildman–Crippen LogP) is 2.65. The van der Waals surface area contributed by atoms with Gasteiger partial charge < -0.3 is 4.52 Å². The first-order valence-electron chi connectivity index (χ1n) is 5.51. The Morgan fingerprint density at radius 2 is 2.00 bits per heavy atom. The summed E-state index contributed by atoms with van der Waals surface area (Å²) in [5.74, 6) is 0.270. The van der Waals surface area contributed by atoms with Crippen molar-refractivity contribution < 1.29 is 12.9 Å². The highest BCUT2D eigenvalue weighted by atomic mass is 35.5. The van der Waals surface area contributed by atoms with Gasteiger partial charge in [-0.05, 0) is 17.3 Å². The van der Waals surface area contributed by atoms with Crippen molar-refractivity contribution in [3.63, 3.8) is 0 Å². The predicted molar refractivity (Wildman–Crippen MR) is 70.6 cm³/mol. The molecule has 0 radical (unpaired) electrons. The SMILES string of the molecule is CC(C)c1nc(NS(=O)(=O)c2ccccc2Cl)no1. The van der Waals surface area contributed by atoms with Gasteiger partial charge in [0.1, 0.15) is 4.90 Å². The molecule has 0 aliphatic rings. The molecule has 8 heteroatoms. The summed E-state index contributed by atoms with van der Waals surface area (Å²) >= 11 is 5.85. The topological polar surface area (TPSA) is 85.1 Å². The molecular weight excluding hydrogens is 290 g/mol. The van der Waals surface area contributed by atoms with E-state index in [2.05, 4.69) is 14.9 Å². The van der Waals surface area contributed by atoms with Gasteiger partial charge in [-0.1, -0.05) is 37.6 Å². The minimum Gasteiger partial charge on any atom is -0.337 e. The lowest BCUT2D eigenvalue weighted by Crippen LogP contribution is -2.14. The highest BCUT2D eigenvalue weighted by Gasteiger charge is 2.20. The summed E-state index contributed by atoms with van der Waals surface area (Å²) in [5.41, 5.74) is 0. The summed E-state index contributed by atoms with van der Waals surface area (Å²) in [7, 11) is -3.82. The van der Waals surface area contributed by atoms with E-state index in [9.17, 15) is 8.42 Å². The van der Waals surface area contributed by atoms with E-state index in [1.807, 2.05) is 13.8 Å². The largest absolute Gasteiger partial charge is 0.337 e. The van der Waals surface area contributed by atoms with Crippen LogP contribution in [0.2, 0.25) is 5.02 Å². The second-order valence-corrected chi connectivity index (χ2v) is 6.20. The van der Waals surface area contributed by atoms with Gasteiger partial charge in [0.25, 0.3) is 16.0 Å². The number of nitrogens with zero attached hydrogens (tertiary/aromatic N) is 2. The zero-order valence-electron chi connectivity index (χ0n) is 10.3. The van der Waals surface area contributed by atoms with Crippen molar-refractivity contribution in [3.05, 3.63) is 35.2 Å². The van der Waals surface area contributed by atoms with Crippen LogP contribution in [-0.2, 0) is 10.0 Å². The van der Waals surface area contributed by atoms with Gasteiger partial charge in [0.2, 0.25) is 5.89 Å². The maximum atomic E-state index is 12.1. The molecule has 1 N–H and O–H groups in total. The molecule has 19 heavy (non-hydrogen) atoms. The van der Waals surface area contributed by atoms with E-state index in [-0.39, 0.29) is 21.8 Å². The van der Waals surface area contributed by atoms with Gasteiger partial charge in [-0.25, -0.2) is 13.1 Å². The summed E-state index contributed by atoms with van der Waals surface area (Å²) in [4.78, 5) is 3.90. The van der Waals surface area contributed by atoms with E-state index in [1.165, 1.54) is 12.1 Å². The van der Waals surface area contributed by atoms with Crippen molar-refractivity contribution in [2.24, 2.45) is 0 Å². The molecule has 102 valence electrons. The third kappa shape index (κ3) is 3.05. The molecule has 0 bridgehead atoms. The molecule has 2 aromatic rings. The minimum absolute atomic E-state index is 0.0195. The third-order valence-electron chi connectivity index (χ3n) is 2.29. The molecule has 0 spiro atoms. The van der Waals surface area contributed by atoms with Crippen molar-refractivity contribution in [3.8, 4) is 0 Å². The van der Waals surface area contributed by atoms with Gasteiger partial charge in [-0.2, -0.15) is 4.98 Å². The smallest absolute Gasteiger partial charge is 0.277 e. The van der Waals surface area contributed by atoms with Gasteiger partial charge in [-0.3, -0.25) is 0 Å². The number of hydrogen-bond acceptors (Lipinski definition) is 5. The molecule has 0 saturated carbocycles. The van der Waals surface area contributed by atoms with Gasteiger partial charge in [0.15, 0.2) is 0 Å². The highest BCUT2D eigenvalue weighted by Crippen LogP contribution is 2.22. The van der Waals surface area contributed by atoms with Gasteiger partial charge >= 0.3 is 0 Å². The van der Waals surface area contributed by atoms with Gasteiger partial charge in [-0.15, -0.1) is 0 Å². The van der Waals surface area contributed by atoms with Crippen LogP contribution in [0.25, 0.3) is 0 Å². The lowest BCUT2D eigenvalue weighted by molar-refractivity contribution is 0.366. The molecule has 0 fully saturated rings. The van der Waals surface area contributed by atoms with E-state index in [0.717, 1.165) is 0 Å². The lowest BCUT2D eigenvalue weighted by atomic mass is 10.2. The molecule has 0 atom stereocenters. The Balaban J connectivity index is 2.29. The second kappa shape index (κ2) is 5.18. The Hall–Kier alpha value is -1.60. The van der Waals surface area contributed by atoms with Crippen LogP contribution >= 0.6 is 11.6 Å². The van der Waals surface area contributed by atoms with Crippen molar-refractivity contribution in [1.82, 2.24) is 10.1 Å². The summed E-state index contributed by atoms with van der Waals surface area (Å²) in [6.07, 6.45) is 0. The first-order chi connectivity index (χ1) is 8.90. The fourth-order valence-electron chi connectivity index (χ4n) is 1.35. The van der Waals surface area contributed by atoms with Crippen LogP contribution in [0.5, 0.6) is 0 Å². The lowest BCUT2D eigenvalue weighted by Gasteiger charge is -2.05. The average Bonchev–Trinajstić information content (AvgIpc) is 2.77. The fraction of sp³-hybridized carbons (Fsp3) is 0.273. The van der Waals surface area contributed by atoms with Crippen LogP contribution in [0.1, 0.15) is 25.7 Å². The summed E-state index contributed by atoms with van der Waals surface area (Å²) in [6, 6.07) is 6.11. The molecule has 1 aromatic carbocycles. The number of rotatable bonds is 4. The fourth-order valence-corrected chi connectivity index (χ4v) is 2.81. The number of hydrogen-bond donors (Lipinski definition) is 1. The zero-order valence-corrected chi connectivity index (χ0v) is 11.9. The molecule has 0 aliphatic carbocycles. The van der Waals surface area contributed by atoms with Crippen LogP contribution in [0, 0.1) is 0 Å². The number of sulfonamides is 1. The Morgan fingerprint density at radius 3 is 2.58 bits per heavy atom. The average molecular weight is 302 g/mol. The van der Waals surface area contributed by atoms with Crippen molar-refractivity contribution in [2.75, 3.05) is 4.72 Å². The quantitative estimate of drug-likeness (QED) is 0.938. The minimum atomic E-state index is -3.82. The van der Waals surface area contributed by atoms with E-state index in [1.54, 1.807) is 12.1 Å². The molecule has 0 saturated heterocycles. The van der Waals surface area contributed by atoms with Crippen LogP contribution in [0.3, 0.4) is 0 Å². The highest BCUT2D eigenvalue weighted by molar-refractivity contribution is 7.92. The number of halogens is 1. The first kappa shape index (κ1) is 13.8. The van der Waals surface area contributed by atoms with Crippen LogP contribution < -0.4 is 4.72 Å². The Bertz CT molecular complexity index is 682. The van der Waals surface area contributed by atoms with Crippen LogP contribution in [-0.4, -0.2) is 18.6 Å². The van der Waals surface area contributed by atoms with Crippen LogP contribution in [0.15, 0.2) is 33.7 Å². The molecule has 0 aliphatic heterocycles. The Labute approximate surface area is 115 Å².